The largest absolute Gasteiger partial charge is 0.411 e. The first-order chi connectivity index (χ1) is 10.3. The van der Waals surface area contributed by atoms with Gasteiger partial charge in [-0.2, -0.15) is 0 Å². The summed E-state index contributed by atoms with van der Waals surface area (Å²) in [5.74, 6) is -0.507. The highest BCUT2D eigenvalue weighted by molar-refractivity contribution is 8.00. The van der Waals surface area contributed by atoms with E-state index in [0.29, 0.717) is 10.8 Å². The van der Waals surface area contributed by atoms with E-state index in [1.54, 1.807) is 24.4 Å². The lowest BCUT2D eigenvalue weighted by Gasteiger charge is -1.94. The van der Waals surface area contributed by atoms with Gasteiger partial charge >= 0.3 is 11.8 Å². The van der Waals surface area contributed by atoms with E-state index in [9.17, 15) is 4.79 Å². The molecule has 3 aromatic heterocycles. The first-order valence-electron chi connectivity index (χ1n) is 5.70. The number of hydrogen-bond donors (Lipinski definition) is 1. The lowest BCUT2D eigenvalue weighted by Crippen LogP contribution is -2.12. The van der Waals surface area contributed by atoms with Gasteiger partial charge in [0.1, 0.15) is 5.69 Å². The molecule has 0 aliphatic heterocycles. The van der Waals surface area contributed by atoms with Crippen LogP contribution in [0.1, 0.15) is 10.7 Å². The maximum Gasteiger partial charge on any atom is 0.315 e. The number of carbonyl (C=O) groups is 1. The molecule has 10 heteroatoms. The highest BCUT2D eigenvalue weighted by atomic mass is 32.2. The number of carbonyl (C=O) groups excluding carboxylic acids is 1. The molecule has 3 aromatic rings. The van der Waals surface area contributed by atoms with Gasteiger partial charge in [-0.05, 0) is 18.4 Å². The number of anilines is 1. The highest BCUT2D eigenvalue weighted by Crippen LogP contribution is 2.23. The Bertz CT molecular complexity index is 757. The van der Waals surface area contributed by atoms with Crippen molar-refractivity contribution in [2.45, 2.75) is 4.34 Å². The topological polar surface area (TPSA) is 107 Å². The molecule has 0 fully saturated rings. The summed E-state index contributed by atoms with van der Waals surface area (Å²) in [6, 6.07) is 5.27. The van der Waals surface area contributed by atoms with Crippen LogP contribution in [-0.4, -0.2) is 37.5 Å². The molecule has 8 nitrogen and oxygen atoms in total. The van der Waals surface area contributed by atoms with Crippen molar-refractivity contribution < 1.29 is 9.21 Å². The molecule has 0 spiro atoms. The van der Waals surface area contributed by atoms with Crippen molar-refractivity contribution in [1.82, 2.24) is 25.4 Å². The molecule has 0 radical (unpaired) electrons. The molecule has 3 rings (SSSR count). The van der Waals surface area contributed by atoms with Crippen LogP contribution in [0.2, 0.25) is 0 Å². The molecule has 3 heterocycles. The van der Waals surface area contributed by atoms with E-state index < -0.39 is 5.91 Å². The smallest absolute Gasteiger partial charge is 0.315 e. The maximum absolute atomic E-state index is 12.0. The number of nitrogens with one attached hydrogen (secondary N) is 1. The number of aromatic nitrogens is 5. The fourth-order valence-corrected chi connectivity index (χ4v) is 2.57. The molecule has 0 bridgehead atoms. The summed E-state index contributed by atoms with van der Waals surface area (Å²) < 4.78 is 6.05. The Labute approximate surface area is 127 Å². The predicted octanol–water partition coefficient (Wildman–Crippen LogP) is 1.96. The average Bonchev–Trinajstić information content (AvgIpc) is 3.17. The molecule has 0 unspecified atom stereocenters. The number of nitrogens with zero attached hydrogens (tertiary/aromatic N) is 5. The third-order valence-corrected chi connectivity index (χ3v) is 4.12. The molecular weight excluding hydrogens is 312 g/mol. The molecule has 1 N–H and O–H groups in total. The minimum absolute atomic E-state index is 0.156. The van der Waals surface area contributed by atoms with E-state index in [2.05, 4.69) is 30.7 Å². The number of rotatable bonds is 4. The molecule has 0 aliphatic rings. The van der Waals surface area contributed by atoms with Crippen LogP contribution in [0.15, 0.2) is 33.2 Å². The summed E-state index contributed by atoms with van der Waals surface area (Å²) in [6.45, 7) is 0. The predicted molar refractivity (Wildman–Crippen MR) is 77.2 cm³/mol. The number of amides is 1. The monoisotopic (exact) mass is 320 g/mol. The fraction of sp³-hybridized carbons (Fsp3) is 0.0909. The van der Waals surface area contributed by atoms with Gasteiger partial charge in [0, 0.05) is 6.20 Å². The summed E-state index contributed by atoms with van der Waals surface area (Å²) in [4.78, 5) is 16.0. The Morgan fingerprint density at radius 1 is 1.29 bits per heavy atom. The standard InChI is InChI=1S/C11H8N6O2S2/c1-20-11-17-16-10(21-11)13-7(18)9-15-14-8(19-9)6-4-2-3-5-12-6/h2-5H,1H3,(H,13,16,18). The zero-order chi connectivity index (χ0) is 14.7. The van der Waals surface area contributed by atoms with Crippen molar-refractivity contribution in [2.75, 3.05) is 11.6 Å². The molecular formula is C11H8N6O2S2. The van der Waals surface area contributed by atoms with Gasteiger partial charge in [0.05, 0.1) is 0 Å². The Hall–Kier alpha value is -2.33. The summed E-state index contributed by atoms with van der Waals surface area (Å²) in [6.07, 6.45) is 3.48. The number of hydrogen-bond acceptors (Lipinski definition) is 9. The zero-order valence-corrected chi connectivity index (χ0v) is 12.3. The van der Waals surface area contributed by atoms with Crippen molar-refractivity contribution in [3.05, 3.63) is 30.3 Å². The van der Waals surface area contributed by atoms with Crippen molar-refractivity contribution in [2.24, 2.45) is 0 Å². The highest BCUT2D eigenvalue weighted by Gasteiger charge is 2.18. The van der Waals surface area contributed by atoms with E-state index >= 15 is 0 Å². The normalized spacial score (nSPS) is 10.5. The second kappa shape index (κ2) is 5.97. The van der Waals surface area contributed by atoms with Crippen molar-refractivity contribution in [1.29, 1.82) is 0 Å². The van der Waals surface area contributed by atoms with Crippen LogP contribution in [0, 0.1) is 0 Å². The van der Waals surface area contributed by atoms with Crippen LogP contribution in [-0.2, 0) is 0 Å². The Balaban J connectivity index is 1.75. The van der Waals surface area contributed by atoms with Crippen molar-refractivity contribution in [3.8, 4) is 11.6 Å². The SMILES string of the molecule is CSc1nnc(NC(=O)c2nnc(-c3ccccn3)o2)s1. The summed E-state index contributed by atoms with van der Waals surface area (Å²) >= 11 is 2.71. The second-order valence-corrected chi connectivity index (χ2v) is 5.69. The fourth-order valence-electron chi connectivity index (χ4n) is 1.40. The third kappa shape index (κ3) is 3.06. The molecule has 106 valence electrons. The zero-order valence-electron chi connectivity index (χ0n) is 10.7. The van der Waals surface area contributed by atoms with Crippen molar-refractivity contribution >= 4 is 34.1 Å². The van der Waals surface area contributed by atoms with E-state index in [0.717, 1.165) is 4.34 Å². The molecule has 0 aromatic carbocycles. The van der Waals surface area contributed by atoms with Gasteiger partial charge in [0.15, 0.2) is 4.34 Å². The van der Waals surface area contributed by atoms with Gasteiger partial charge < -0.3 is 4.42 Å². The molecule has 0 atom stereocenters. The van der Waals surface area contributed by atoms with Crippen LogP contribution in [0.25, 0.3) is 11.6 Å². The summed E-state index contributed by atoms with van der Waals surface area (Å²) in [7, 11) is 0. The first kappa shape index (κ1) is 13.6. The summed E-state index contributed by atoms with van der Waals surface area (Å²) in [5, 5.41) is 18.1. The van der Waals surface area contributed by atoms with Gasteiger partial charge in [-0.3, -0.25) is 15.1 Å². The summed E-state index contributed by atoms with van der Waals surface area (Å²) in [5.41, 5.74) is 0.504. The van der Waals surface area contributed by atoms with E-state index in [-0.39, 0.29) is 11.8 Å². The van der Waals surface area contributed by atoms with Gasteiger partial charge in [-0.25, -0.2) is 0 Å². The molecule has 0 saturated heterocycles. The molecule has 21 heavy (non-hydrogen) atoms. The second-order valence-electron chi connectivity index (χ2n) is 3.66. The van der Waals surface area contributed by atoms with Crippen LogP contribution < -0.4 is 5.32 Å². The van der Waals surface area contributed by atoms with E-state index in [4.69, 9.17) is 4.42 Å². The number of pyridine rings is 1. The Morgan fingerprint density at radius 2 is 2.19 bits per heavy atom. The van der Waals surface area contributed by atoms with Crippen LogP contribution in [0.4, 0.5) is 5.13 Å². The van der Waals surface area contributed by atoms with Gasteiger partial charge in [0.25, 0.3) is 5.89 Å². The van der Waals surface area contributed by atoms with Crippen LogP contribution in [0.5, 0.6) is 0 Å². The van der Waals surface area contributed by atoms with Crippen molar-refractivity contribution in [3.63, 3.8) is 0 Å². The average molecular weight is 320 g/mol. The van der Waals surface area contributed by atoms with Crippen LogP contribution >= 0.6 is 23.1 Å². The maximum atomic E-state index is 12.0. The number of thioether (sulfide) groups is 1. The minimum Gasteiger partial charge on any atom is -0.411 e. The van der Waals surface area contributed by atoms with Crippen LogP contribution in [0.3, 0.4) is 0 Å². The van der Waals surface area contributed by atoms with E-state index in [1.165, 1.54) is 23.1 Å². The van der Waals surface area contributed by atoms with E-state index in [1.807, 2.05) is 6.26 Å². The van der Waals surface area contributed by atoms with Gasteiger partial charge in [-0.15, -0.1) is 20.4 Å². The lowest BCUT2D eigenvalue weighted by atomic mass is 10.3. The minimum atomic E-state index is -0.534. The molecule has 0 saturated carbocycles. The lowest BCUT2D eigenvalue weighted by molar-refractivity contribution is 0.0990. The quantitative estimate of drug-likeness (QED) is 0.574. The van der Waals surface area contributed by atoms with Gasteiger partial charge in [-0.1, -0.05) is 29.2 Å². The van der Waals surface area contributed by atoms with Gasteiger partial charge in [0.2, 0.25) is 5.13 Å². The Kier molecular flexibility index (Phi) is 3.88. The first-order valence-corrected chi connectivity index (χ1v) is 7.74. The third-order valence-electron chi connectivity index (χ3n) is 2.30. The molecule has 1 amide bonds. The molecule has 0 aliphatic carbocycles. The Morgan fingerprint density at radius 3 is 2.90 bits per heavy atom.